The maximum Gasteiger partial charge on any atom is 0.254 e. The van der Waals surface area contributed by atoms with Crippen molar-refractivity contribution in [1.82, 2.24) is 9.47 Å². The van der Waals surface area contributed by atoms with Gasteiger partial charge in [-0.1, -0.05) is 30.3 Å². The number of benzene rings is 2. The van der Waals surface area contributed by atoms with E-state index in [0.717, 1.165) is 10.9 Å². The molecule has 3 aromatic rings. The molecule has 2 aromatic carbocycles. The lowest BCUT2D eigenvalue weighted by molar-refractivity contribution is -0.121. The van der Waals surface area contributed by atoms with Gasteiger partial charge >= 0.3 is 0 Å². The van der Waals surface area contributed by atoms with E-state index in [1.165, 1.54) is 6.07 Å². The van der Waals surface area contributed by atoms with Crippen LogP contribution in [0.15, 0.2) is 59.4 Å². The van der Waals surface area contributed by atoms with Gasteiger partial charge in [-0.25, -0.2) is 0 Å². The number of hydrogen-bond donors (Lipinski definition) is 1. The van der Waals surface area contributed by atoms with E-state index in [0.29, 0.717) is 42.9 Å². The van der Waals surface area contributed by atoms with Crippen molar-refractivity contribution in [1.29, 1.82) is 0 Å². The minimum Gasteiger partial charge on any atom is -0.495 e. The minimum atomic E-state index is -0.215. The Balaban J connectivity index is 1.46. The normalized spacial score (nSPS) is 14.5. The van der Waals surface area contributed by atoms with Crippen molar-refractivity contribution in [3.63, 3.8) is 0 Å². The van der Waals surface area contributed by atoms with Crippen LogP contribution in [-0.4, -0.2) is 41.5 Å². The maximum absolute atomic E-state index is 13.2. The SMILES string of the molecule is COc1ccccc1NC(=O)C1CCN(C(=O)c2cc(=O)n(C)c3ccccc23)CC1. The van der Waals surface area contributed by atoms with Crippen LogP contribution in [0.4, 0.5) is 5.69 Å². The molecular weight excluding hydrogens is 394 g/mol. The van der Waals surface area contributed by atoms with Crippen LogP contribution in [0.2, 0.25) is 0 Å². The minimum absolute atomic E-state index is 0.0735. The molecule has 2 heterocycles. The Morgan fingerprint density at radius 3 is 2.45 bits per heavy atom. The molecule has 1 N–H and O–H groups in total. The second-order valence-electron chi connectivity index (χ2n) is 7.73. The highest BCUT2D eigenvalue weighted by atomic mass is 16.5. The van der Waals surface area contributed by atoms with Gasteiger partial charge in [-0.05, 0) is 31.0 Å². The first-order valence-electron chi connectivity index (χ1n) is 10.3. The quantitative estimate of drug-likeness (QED) is 0.705. The number of nitrogens with zero attached hydrogens (tertiary/aromatic N) is 2. The largest absolute Gasteiger partial charge is 0.495 e. The molecule has 0 saturated carbocycles. The number of aromatic nitrogens is 1. The van der Waals surface area contributed by atoms with E-state index in [1.807, 2.05) is 36.4 Å². The summed E-state index contributed by atoms with van der Waals surface area (Å²) in [4.78, 5) is 40.0. The van der Waals surface area contributed by atoms with Crippen LogP contribution < -0.4 is 15.6 Å². The Labute approximate surface area is 180 Å². The number of amides is 2. The molecule has 0 unspecified atom stereocenters. The average molecular weight is 419 g/mol. The predicted molar refractivity (Wildman–Crippen MR) is 119 cm³/mol. The predicted octanol–water partition coefficient (Wildman–Crippen LogP) is 3.04. The Bertz CT molecular complexity index is 1190. The lowest BCUT2D eigenvalue weighted by atomic mass is 9.95. The summed E-state index contributed by atoms with van der Waals surface area (Å²) >= 11 is 0. The van der Waals surface area contributed by atoms with Crippen molar-refractivity contribution in [3.05, 3.63) is 70.5 Å². The van der Waals surface area contributed by atoms with E-state index >= 15 is 0 Å². The topological polar surface area (TPSA) is 80.6 Å². The molecule has 0 aliphatic carbocycles. The molecule has 7 nitrogen and oxygen atoms in total. The summed E-state index contributed by atoms with van der Waals surface area (Å²) in [6.07, 6.45) is 1.13. The number of carbonyl (C=O) groups excluding carboxylic acids is 2. The third-order valence-corrected chi connectivity index (χ3v) is 5.90. The van der Waals surface area contributed by atoms with Crippen molar-refractivity contribution in [3.8, 4) is 5.75 Å². The number of piperidine rings is 1. The van der Waals surface area contributed by atoms with Crippen LogP contribution in [0, 0.1) is 5.92 Å². The molecule has 1 aliphatic heterocycles. The summed E-state index contributed by atoms with van der Waals surface area (Å²) in [7, 11) is 3.26. The van der Waals surface area contributed by atoms with Gasteiger partial charge in [-0.15, -0.1) is 0 Å². The van der Waals surface area contributed by atoms with Crippen LogP contribution in [0.3, 0.4) is 0 Å². The number of para-hydroxylation sites is 3. The third kappa shape index (κ3) is 4.03. The zero-order chi connectivity index (χ0) is 22.0. The van der Waals surface area contributed by atoms with Crippen LogP contribution in [0.1, 0.15) is 23.2 Å². The van der Waals surface area contributed by atoms with Gasteiger partial charge in [0, 0.05) is 37.5 Å². The Hall–Kier alpha value is -3.61. The summed E-state index contributed by atoms with van der Waals surface area (Å²) < 4.78 is 6.83. The first-order chi connectivity index (χ1) is 15.0. The van der Waals surface area contributed by atoms with Crippen molar-refractivity contribution in [2.75, 3.05) is 25.5 Å². The number of aryl methyl sites for hydroxylation is 1. The molecule has 0 bridgehead atoms. The first-order valence-corrected chi connectivity index (χ1v) is 10.3. The molecule has 1 aliphatic rings. The average Bonchev–Trinajstić information content (AvgIpc) is 2.81. The fraction of sp³-hybridized carbons (Fsp3) is 0.292. The molecule has 7 heteroatoms. The summed E-state index contributed by atoms with van der Waals surface area (Å²) in [6, 6.07) is 16.1. The molecule has 4 rings (SSSR count). The van der Waals surface area contributed by atoms with Gasteiger partial charge in [-0.3, -0.25) is 14.4 Å². The second kappa shape index (κ2) is 8.63. The van der Waals surface area contributed by atoms with Crippen molar-refractivity contribution in [2.45, 2.75) is 12.8 Å². The van der Waals surface area contributed by atoms with E-state index in [2.05, 4.69) is 5.32 Å². The summed E-state index contributed by atoms with van der Waals surface area (Å²) in [5.41, 5.74) is 1.56. The standard InChI is InChI=1S/C24H25N3O4/c1-26-20-9-5-3-7-17(20)18(15-22(26)28)24(30)27-13-11-16(12-14-27)23(29)25-19-8-4-6-10-21(19)31-2/h3-10,15-16H,11-14H2,1-2H3,(H,25,29). The van der Waals surface area contributed by atoms with Gasteiger partial charge in [0.05, 0.1) is 23.9 Å². The zero-order valence-electron chi connectivity index (χ0n) is 17.6. The molecule has 31 heavy (non-hydrogen) atoms. The molecule has 0 atom stereocenters. The molecular formula is C24H25N3O4. The Morgan fingerprint density at radius 1 is 1.03 bits per heavy atom. The van der Waals surface area contributed by atoms with Gasteiger partial charge in [0.25, 0.3) is 11.5 Å². The molecule has 0 radical (unpaired) electrons. The van der Waals surface area contributed by atoms with E-state index in [1.54, 1.807) is 35.8 Å². The molecule has 2 amide bonds. The molecule has 0 spiro atoms. The first kappa shape index (κ1) is 20.7. The lowest BCUT2D eigenvalue weighted by Gasteiger charge is -2.31. The lowest BCUT2D eigenvalue weighted by Crippen LogP contribution is -2.42. The highest BCUT2D eigenvalue weighted by molar-refractivity contribution is 6.06. The number of hydrogen-bond acceptors (Lipinski definition) is 4. The van der Waals surface area contributed by atoms with Gasteiger partial charge in [0.15, 0.2) is 0 Å². The number of carbonyl (C=O) groups is 2. The van der Waals surface area contributed by atoms with Gasteiger partial charge < -0.3 is 19.5 Å². The van der Waals surface area contributed by atoms with E-state index < -0.39 is 0 Å². The van der Waals surface area contributed by atoms with E-state index in [4.69, 9.17) is 4.74 Å². The van der Waals surface area contributed by atoms with Crippen LogP contribution in [0.25, 0.3) is 10.9 Å². The van der Waals surface area contributed by atoms with Crippen molar-refractivity contribution in [2.24, 2.45) is 13.0 Å². The fourth-order valence-electron chi connectivity index (χ4n) is 4.09. The molecule has 1 aromatic heterocycles. The molecule has 160 valence electrons. The highest BCUT2D eigenvalue weighted by Gasteiger charge is 2.29. The maximum atomic E-state index is 13.2. The Morgan fingerprint density at radius 2 is 1.71 bits per heavy atom. The van der Waals surface area contributed by atoms with Gasteiger partial charge in [-0.2, -0.15) is 0 Å². The number of anilines is 1. The number of likely N-dealkylation sites (tertiary alicyclic amines) is 1. The number of methoxy groups -OCH3 is 1. The monoisotopic (exact) mass is 419 g/mol. The van der Waals surface area contributed by atoms with Crippen LogP contribution in [0.5, 0.6) is 5.75 Å². The third-order valence-electron chi connectivity index (χ3n) is 5.90. The fourth-order valence-corrected chi connectivity index (χ4v) is 4.09. The van der Waals surface area contributed by atoms with Crippen molar-refractivity contribution < 1.29 is 14.3 Å². The Kier molecular flexibility index (Phi) is 5.75. The second-order valence-corrected chi connectivity index (χ2v) is 7.73. The van der Waals surface area contributed by atoms with E-state index in [9.17, 15) is 14.4 Å². The van der Waals surface area contributed by atoms with E-state index in [-0.39, 0.29) is 23.3 Å². The number of nitrogens with one attached hydrogen (secondary N) is 1. The van der Waals surface area contributed by atoms with Crippen molar-refractivity contribution >= 4 is 28.4 Å². The summed E-state index contributed by atoms with van der Waals surface area (Å²) in [5.74, 6) is 0.184. The zero-order valence-corrected chi connectivity index (χ0v) is 17.6. The molecule has 1 fully saturated rings. The summed E-state index contributed by atoms with van der Waals surface area (Å²) in [6.45, 7) is 0.929. The highest BCUT2D eigenvalue weighted by Crippen LogP contribution is 2.27. The number of rotatable bonds is 4. The van der Waals surface area contributed by atoms with Gasteiger partial charge in [0.1, 0.15) is 5.75 Å². The van der Waals surface area contributed by atoms with Crippen LogP contribution >= 0.6 is 0 Å². The smallest absolute Gasteiger partial charge is 0.254 e. The number of ether oxygens (including phenoxy) is 1. The number of pyridine rings is 1. The summed E-state index contributed by atoms with van der Waals surface area (Å²) in [5, 5.41) is 3.69. The number of fused-ring (bicyclic) bond motifs is 1. The van der Waals surface area contributed by atoms with Gasteiger partial charge in [0.2, 0.25) is 5.91 Å². The molecule has 1 saturated heterocycles. The van der Waals surface area contributed by atoms with Crippen LogP contribution in [-0.2, 0) is 11.8 Å².